The Labute approximate surface area is 140 Å². The summed E-state index contributed by atoms with van der Waals surface area (Å²) in [4.78, 5) is 16.1. The fraction of sp³-hybridized carbons (Fsp3) is 0.154. The van der Waals surface area contributed by atoms with Crippen LogP contribution in [0.4, 0.5) is 5.69 Å². The molecule has 3 rings (SSSR count). The molecule has 0 aliphatic rings. The Hall–Kier alpha value is -2.39. The van der Waals surface area contributed by atoms with E-state index in [1.54, 1.807) is 40.1 Å². The summed E-state index contributed by atoms with van der Waals surface area (Å²) in [6.07, 6.45) is 4.55. The van der Waals surface area contributed by atoms with Gasteiger partial charge in [-0.15, -0.1) is 10.2 Å². The second-order valence-electron chi connectivity index (χ2n) is 4.56. The molecule has 0 fully saturated rings. The second kappa shape index (κ2) is 6.80. The number of benzene rings is 1. The summed E-state index contributed by atoms with van der Waals surface area (Å²) >= 11 is 7.32. The van der Waals surface area contributed by atoms with Crippen molar-refractivity contribution in [3.05, 3.63) is 42.2 Å². The monoisotopic (exact) mass is 349 g/mol. The van der Waals surface area contributed by atoms with Gasteiger partial charge in [0.15, 0.2) is 5.16 Å². The van der Waals surface area contributed by atoms with Crippen LogP contribution in [-0.2, 0) is 11.8 Å². The van der Waals surface area contributed by atoms with Gasteiger partial charge in [0.05, 0.1) is 17.1 Å². The summed E-state index contributed by atoms with van der Waals surface area (Å²) in [5, 5.41) is 15.8. The highest BCUT2D eigenvalue weighted by molar-refractivity contribution is 7.99. The van der Waals surface area contributed by atoms with Crippen molar-refractivity contribution in [1.82, 2.24) is 29.5 Å². The van der Waals surface area contributed by atoms with Gasteiger partial charge in [-0.2, -0.15) is 5.10 Å². The van der Waals surface area contributed by atoms with Gasteiger partial charge in [-0.1, -0.05) is 23.4 Å². The maximum atomic E-state index is 12.2. The molecule has 0 atom stereocenters. The molecule has 0 saturated heterocycles. The molecule has 118 valence electrons. The molecular formula is C13H12ClN7OS. The minimum absolute atomic E-state index is 0.179. The molecule has 1 N–H and O–H groups in total. The van der Waals surface area contributed by atoms with Crippen molar-refractivity contribution in [2.75, 3.05) is 11.1 Å². The smallest absolute Gasteiger partial charge is 0.234 e. The minimum Gasteiger partial charge on any atom is -0.323 e. The third kappa shape index (κ3) is 3.69. The number of amides is 1. The number of anilines is 1. The van der Waals surface area contributed by atoms with E-state index in [0.29, 0.717) is 21.6 Å². The van der Waals surface area contributed by atoms with Crippen molar-refractivity contribution < 1.29 is 4.79 Å². The summed E-state index contributed by atoms with van der Waals surface area (Å²) in [5.41, 5.74) is 1.25. The molecular weight excluding hydrogens is 338 g/mol. The molecule has 2 aromatic heterocycles. The summed E-state index contributed by atoms with van der Waals surface area (Å²) < 4.78 is 3.31. The molecule has 3 aromatic rings. The number of aryl methyl sites for hydroxylation is 1. The number of hydrogen-bond acceptors (Lipinski definition) is 6. The summed E-state index contributed by atoms with van der Waals surface area (Å²) in [6.45, 7) is 0. The zero-order valence-corrected chi connectivity index (χ0v) is 13.6. The lowest BCUT2D eigenvalue weighted by molar-refractivity contribution is -0.113. The van der Waals surface area contributed by atoms with E-state index < -0.39 is 0 Å². The van der Waals surface area contributed by atoms with Crippen molar-refractivity contribution in [1.29, 1.82) is 0 Å². The Morgan fingerprint density at radius 1 is 1.39 bits per heavy atom. The number of thioether (sulfide) groups is 1. The number of aromatic nitrogens is 6. The van der Waals surface area contributed by atoms with Gasteiger partial charge in [0.25, 0.3) is 0 Å². The Morgan fingerprint density at radius 3 is 2.96 bits per heavy atom. The van der Waals surface area contributed by atoms with Crippen LogP contribution in [0.1, 0.15) is 0 Å². The molecule has 10 heteroatoms. The second-order valence-corrected chi connectivity index (χ2v) is 5.94. The van der Waals surface area contributed by atoms with Crippen molar-refractivity contribution in [3.8, 4) is 5.69 Å². The van der Waals surface area contributed by atoms with Crippen LogP contribution < -0.4 is 5.32 Å². The largest absolute Gasteiger partial charge is 0.323 e. The van der Waals surface area contributed by atoms with Crippen LogP contribution in [0.5, 0.6) is 0 Å². The fourth-order valence-electron chi connectivity index (χ4n) is 1.86. The maximum absolute atomic E-state index is 12.2. The highest BCUT2D eigenvalue weighted by Crippen LogP contribution is 2.24. The zero-order valence-electron chi connectivity index (χ0n) is 12.0. The van der Waals surface area contributed by atoms with Crippen molar-refractivity contribution in [2.45, 2.75) is 5.16 Å². The Bertz CT molecular complexity index is 818. The summed E-state index contributed by atoms with van der Waals surface area (Å²) in [7, 11) is 1.82. The van der Waals surface area contributed by atoms with E-state index in [2.05, 4.69) is 25.6 Å². The van der Waals surface area contributed by atoms with Crippen molar-refractivity contribution >= 4 is 35.0 Å². The lowest BCUT2D eigenvalue weighted by Gasteiger charge is -2.11. The number of carbonyl (C=O) groups is 1. The number of halogens is 1. The zero-order chi connectivity index (χ0) is 16.2. The van der Waals surface area contributed by atoms with Crippen molar-refractivity contribution in [3.63, 3.8) is 0 Å². The highest BCUT2D eigenvalue weighted by atomic mass is 35.5. The van der Waals surface area contributed by atoms with Gasteiger partial charge in [0.2, 0.25) is 5.91 Å². The van der Waals surface area contributed by atoms with E-state index in [4.69, 9.17) is 11.6 Å². The molecule has 0 bridgehead atoms. The molecule has 1 amide bonds. The van der Waals surface area contributed by atoms with Crippen LogP contribution in [0.2, 0.25) is 5.02 Å². The Balaban J connectivity index is 1.73. The van der Waals surface area contributed by atoms with E-state index >= 15 is 0 Å². The van der Waals surface area contributed by atoms with E-state index in [9.17, 15) is 4.79 Å². The quantitative estimate of drug-likeness (QED) is 0.706. The predicted molar refractivity (Wildman–Crippen MR) is 86.7 cm³/mol. The Morgan fingerprint density at radius 2 is 2.26 bits per heavy atom. The van der Waals surface area contributed by atoms with Gasteiger partial charge in [-0.25, -0.2) is 9.67 Å². The highest BCUT2D eigenvalue weighted by Gasteiger charge is 2.12. The van der Waals surface area contributed by atoms with Gasteiger partial charge in [-0.3, -0.25) is 4.79 Å². The summed E-state index contributed by atoms with van der Waals surface area (Å²) in [6, 6.07) is 5.16. The summed E-state index contributed by atoms with van der Waals surface area (Å²) in [5.74, 6) is 0.0252. The first-order valence-corrected chi connectivity index (χ1v) is 7.91. The first-order chi connectivity index (χ1) is 11.1. The average Bonchev–Trinajstić information content (AvgIpc) is 3.17. The van der Waals surface area contributed by atoms with Gasteiger partial charge in [-0.05, 0) is 18.2 Å². The lowest BCUT2D eigenvalue weighted by Crippen LogP contribution is -2.16. The number of rotatable bonds is 5. The molecule has 0 aliphatic heterocycles. The third-order valence-electron chi connectivity index (χ3n) is 2.90. The van der Waals surface area contributed by atoms with Crippen LogP contribution in [0.25, 0.3) is 5.69 Å². The van der Waals surface area contributed by atoms with Crippen LogP contribution >= 0.6 is 23.4 Å². The minimum atomic E-state index is -0.179. The number of carbonyl (C=O) groups excluding carboxylic acids is 1. The van der Waals surface area contributed by atoms with Gasteiger partial charge in [0.1, 0.15) is 19.0 Å². The van der Waals surface area contributed by atoms with Crippen LogP contribution in [0, 0.1) is 0 Å². The molecule has 1 aromatic carbocycles. The van der Waals surface area contributed by atoms with Crippen molar-refractivity contribution in [2.24, 2.45) is 7.05 Å². The van der Waals surface area contributed by atoms with E-state index in [-0.39, 0.29) is 11.7 Å². The molecule has 0 spiro atoms. The van der Waals surface area contributed by atoms with E-state index in [1.807, 2.05) is 7.05 Å². The molecule has 0 unspecified atom stereocenters. The standard InChI is InChI=1S/C13H12ClN7OS/c1-20-8-16-19-13(20)23-5-12(22)18-10-4-9(14)2-3-11(10)21-7-15-6-17-21/h2-4,6-8H,5H2,1H3,(H,18,22). The molecule has 2 heterocycles. The fourth-order valence-corrected chi connectivity index (χ4v) is 2.72. The normalized spacial score (nSPS) is 10.7. The maximum Gasteiger partial charge on any atom is 0.234 e. The van der Waals surface area contributed by atoms with Gasteiger partial charge >= 0.3 is 0 Å². The molecule has 0 aliphatic carbocycles. The topological polar surface area (TPSA) is 90.5 Å². The van der Waals surface area contributed by atoms with E-state index in [1.165, 1.54) is 18.1 Å². The van der Waals surface area contributed by atoms with Gasteiger partial charge < -0.3 is 9.88 Å². The average molecular weight is 350 g/mol. The van der Waals surface area contributed by atoms with Crippen LogP contribution in [0.3, 0.4) is 0 Å². The van der Waals surface area contributed by atoms with E-state index in [0.717, 1.165) is 0 Å². The first kappa shape index (κ1) is 15.5. The lowest BCUT2D eigenvalue weighted by atomic mass is 10.2. The molecule has 8 nitrogen and oxygen atoms in total. The molecule has 23 heavy (non-hydrogen) atoms. The Kier molecular flexibility index (Phi) is 4.58. The number of hydrogen-bond donors (Lipinski definition) is 1. The SMILES string of the molecule is Cn1cnnc1SCC(=O)Nc1cc(Cl)ccc1-n1cncn1. The van der Waals surface area contributed by atoms with Gasteiger partial charge in [0, 0.05) is 12.1 Å². The number of nitrogens with zero attached hydrogens (tertiary/aromatic N) is 6. The van der Waals surface area contributed by atoms with Crippen LogP contribution in [-0.4, -0.2) is 41.2 Å². The molecule has 0 radical (unpaired) electrons. The number of nitrogens with one attached hydrogen (secondary N) is 1. The molecule has 0 saturated carbocycles. The first-order valence-electron chi connectivity index (χ1n) is 6.54. The third-order valence-corrected chi connectivity index (χ3v) is 4.17. The van der Waals surface area contributed by atoms with Crippen LogP contribution in [0.15, 0.2) is 42.3 Å². The predicted octanol–water partition coefficient (Wildman–Crippen LogP) is 1.78.